The van der Waals surface area contributed by atoms with Crippen molar-refractivity contribution < 1.29 is 13.9 Å². The zero-order valence-electron chi connectivity index (χ0n) is 9.05. The summed E-state index contributed by atoms with van der Waals surface area (Å²) in [6.45, 7) is 0. The average molecular weight is 232 g/mol. The third-order valence-corrected chi connectivity index (χ3v) is 2.17. The summed E-state index contributed by atoms with van der Waals surface area (Å²) in [6, 6.07) is 7.72. The molecular weight excluding hydrogens is 223 g/mol. The molecular formula is C12H9FN2O2. The molecule has 17 heavy (non-hydrogen) atoms. The van der Waals surface area contributed by atoms with Gasteiger partial charge >= 0.3 is 5.97 Å². The van der Waals surface area contributed by atoms with Gasteiger partial charge < -0.3 is 4.74 Å². The Labute approximate surface area is 97.1 Å². The van der Waals surface area contributed by atoms with Crippen LogP contribution in [0.2, 0.25) is 0 Å². The van der Waals surface area contributed by atoms with Gasteiger partial charge in [0.2, 0.25) is 5.82 Å². The number of halogens is 1. The number of carbonyl (C=O) groups is 1. The molecule has 0 N–H and O–H groups in total. The van der Waals surface area contributed by atoms with Crippen molar-refractivity contribution in [3.05, 3.63) is 48.2 Å². The van der Waals surface area contributed by atoms with E-state index in [2.05, 4.69) is 14.7 Å². The van der Waals surface area contributed by atoms with Gasteiger partial charge in [-0.25, -0.2) is 19.2 Å². The molecule has 0 spiro atoms. The number of rotatable bonds is 2. The van der Waals surface area contributed by atoms with Gasteiger partial charge in [0.05, 0.1) is 12.8 Å². The lowest BCUT2D eigenvalue weighted by atomic mass is 10.1. The van der Waals surface area contributed by atoms with Crippen LogP contribution in [0.1, 0.15) is 10.6 Å². The van der Waals surface area contributed by atoms with Gasteiger partial charge in [0.15, 0.2) is 0 Å². The van der Waals surface area contributed by atoms with Crippen molar-refractivity contribution >= 4 is 5.97 Å². The molecule has 0 amide bonds. The van der Waals surface area contributed by atoms with Crippen LogP contribution < -0.4 is 0 Å². The van der Waals surface area contributed by atoms with E-state index in [1.54, 1.807) is 18.2 Å². The summed E-state index contributed by atoms with van der Waals surface area (Å²) in [7, 11) is 1.24. The second kappa shape index (κ2) is 4.69. The summed E-state index contributed by atoms with van der Waals surface area (Å²) in [5.41, 5.74) is 0.665. The lowest BCUT2D eigenvalue weighted by Crippen LogP contribution is -2.07. The molecule has 0 aliphatic heterocycles. The van der Waals surface area contributed by atoms with E-state index in [1.165, 1.54) is 25.4 Å². The molecule has 0 saturated heterocycles. The lowest BCUT2D eigenvalue weighted by Gasteiger charge is -2.03. The summed E-state index contributed by atoms with van der Waals surface area (Å²) >= 11 is 0. The van der Waals surface area contributed by atoms with Crippen molar-refractivity contribution in [2.45, 2.75) is 0 Å². The van der Waals surface area contributed by atoms with Crippen LogP contribution in [0, 0.1) is 5.82 Å². The average Bonchev–Trinajstić information content (AvgIpc) is 2.38. The molecule has 5 heteroatoms. The predicted molar refractivity (Wildman–Crippen MR) is 58.8 cm³/mol. The Morgan fingerprint density at radius 2 is 2.06 bits per heavy atom. The summed E-state index contributed by atoms with van der Waals surface area (Å²) < 4.78 is 18.0. The minimum atomic E-state index is -0.650. The predicted octanol–water partition coefficient (Wildman–Crippen LogP) is 2.07. The first kappa shape index (κ1) is 11.2. The molecule has 1 aromatic heterocycles. The number of hydrogen-bond acceptors (Lipinski definition) is 4. The van der Waals surface area contributed by atoms with E-state index in [4.69, 9.17) is 0 Å². The molecule has 0 aliphatic carbocycles. The summed E-state index contributed by atoms with van der Waals surface area (Å²) in [5, 5.41) is 0. The first-order valence-electron chi connectivity index (χ1n) is 4.88. The van der Waals surface area contributed by atoms with Crippen LogP contribution in [-0.2, 0) is 4.74 Å². The maximum absolute atomic E-state index is 13.5. The Morgan fingerprint density at radius 1 is 1.29 bits per heavy atom. The van der Waals surface area contributed by atoms with E-state index >= 15 is 0 Å². The molecule has 0 radical (unpaired) electrons. The highest BCUT2D eigenvalue weighted by Gasteiger charge is 2.12. The molecule has 0 fully saturated rings. The van der Waals surface area contributed by atoms with E-state index in [-0.39, 0.29) is 5.82 Å². The highest BCUT2D eigenvalue weighted by atomic mass is 19.1. The number of benzene rings is 1. The quantitative estimate of drug-likeness (QED) is 0.744. The first-order chi connectivity index (χ1) is 8.22. The molecule has 0 unspecified atom stereocenters. The Balaban J connectivity index is 2.47. The van der Waals surface area contributed by atoms with Crippen LogP contribution in [0.5, 0.6) is 0 Å². The van der Waals surface area contributed by atoms with Crippen molar-refractivity contribution in [1.82, 2.24) is 9.97 Å². The fourth-order valence-corrected chi connectivity index (χ4v) is 1.37. The number of esters is 1. The molecule has 0 aliphatic rings. The van der Waals surface area contributed by atoms with Gasteiger partial charge in [0.1, 0.15) is 5.82 Å². The molecule has 0 bridgehead atoms. The minimum Gasteiger partial charge on any atom is -0.463 e. The second-order valence-electron chi connectivity index (χ2n) is 3.24. The van der Waals surface area contributed by atoms with Crippen molar-refractivity contribution in [2.24, 2.45) is 0 Å². The third kappa shape index (κ3) is 2.28. The Morgan fingerprint density at radius 3 is 2.76 bits per heavy atom. The number of hydrogen-bond donors (Lipinski definition) is 0. The normalized spacial score (nSPS) is 10.0. The van der Waals surface area contributed by atoms with E-state index in [9.17, 15) is 9.18 Å². The van der Waals surface area contributed by atoms with Crippen molar-refractivity contribution in [2.75, 3.05) is 7.11 Å². The van der Waals surface area contributed by atoms with E-state index in [1.807, 2.05) is 0 Å². The number of methoxy groups -OCH3 is 1. The molecule has 4 nitrogen and oxygen atoms in total. The van der Waals surface area contributed by atoms with Crippen molar-refractivity contribution in [1.29, 1.82) is 0 Å². The molecule has 1 aromatic carbocycles. The highest BCUT2D eigenvalue weighted by Crippen LogP contribution is 2.19. The standard InChI is InChI=1S/C12H9FN2O2/c1-17-12(16)11-14-7-6-10(15-11)8-4-2-3-5-9(8)13/h2-7H,1H3. The van der Waals surface area contributed by atoms with Gasteiger partial charge in [0, 0.05) is 11.8 Å². The molecule has 0 saturated carbocycles. The van der Waals surface area contributed by atoms with Crippen molar-refractivity contribution in [3.63, 3.8) is 0 Å². The van der Waals surface area contributed by atoms with Crippen molar-refractivity contribution in [3.8, 4) is 11.3 Å². The number of aromatic nitrogens is 2. The fourth-order valence-electron chi connectivity index (χ4n) is 1.37. The van der Waals surface area contributed by atoms with Gasteiger partial charge in [-0.05, 0) is 18.2 Å². The second-order valence-corrected chi connectivity index (χ2v) is 3.24. The SMILES string of the molecule is COC(=O)c1nccc(-c2ccccc2F)n1. The highest BCUT2D eigenvalue weighted by molar-refractivity contribution is 5.85. The maximum atomic E-state index is 13.5. The van der Waals surface area contributed by atoms with Crippen LogP contribution in [-0.4, -0.2) is 23.0 Å². The summed E-state index contributed by atoms with van der Waals surface area (Å²) in [6.07, 6.45) is 1.39. The van der Waals surface area contributed by atoms with Gasteiger partial charge in [0.25, 0.3) is 0 Å². The molecule has 2 rings (SSSR count). The number of carbonyl (C=O) groups excluding carboxylic acids is 1. The minimum absolute atomic E-state index is 0.0896. The van der Waals surface area contributed by atoms with Crippen LogP contribution in [0.15, 0.2) is 36.5 Å². The molecule has 2 aromatic rings. The van der Waals surface area contributed by atoms with Crippen LogP contribution in [0.25, 0.3) is 11.3 Å². The Kier molecular flexibility index (Phi) is 3.09. The fraction of sp³-hybridized carbons (Fsp3) is 0.0833. The molecule has 1 heterocycles. The van der Waals surface area contributed by atoms with E-state index in [0.29, 0.717) is 11.3 Å². The van der Waals surface area contributed by atoms with Gasteiger partial charge in [-0.3, -0.25) is 0 Å². The molecule has 86 valence electrons. The number of nitrogens with zero attached hydrogens (tertiary/aromatic N) is 2. The Hall–Kier alpha value is -2.30. The third-order valence-electron chi connectivity index (χ3n) is 2.17. The topological polar surface area (TPSA) is 52.1 Å². The van der Waals surface area contributed by atoms with Gasteiger partial charge in [-0.1, -0.05) is 12.1 Å². The van der Waals surface area contributed by atoms with Crippen LogP contribution >= 0.6 is 0 Å². The van der Waals surface area contributed by atoms with Crippen LogP contribution in [0.3, 0.4) is 0 Å². The van der Waals surface area contributed by atoms with Crippen LogP contribution in [0.4, 0.5) is 4.39 Å². The summed E-state index contributed by atoms with van der Waals surface area (Å²) in [5.74, 6) is -1.14. The first-order valence-corrected chi connectivity index (χ1v) is 4.88. The summed E-state index contributed by atoms with van der Waals surface area (Å²) in [4.78, 5) is 18.9. The van der Waals surface area contributed by atoms with E-state index < -0.39 is 11.8 Å². The lowest BCUT2D eigenvalue weighted by molar-refractivity contribution is 0.0587. The zero-order chi connectivity index (χ0) is 12.3. The Bertz CT molecular complexity index is 558. The number of ether oxygens (including phenoxy) is 1. The largest absolute Gasteiger partial charge is 0.463 e. The molecule has 0 atom stereocenters. The zero-order valence-corrected chi connectivity index (χ0v) is 9.05. The van der Waals surface area contributed by atoms with E-state index in [0.717, 1.165) is 0 Å². The maximum Gasteiger partial charge on any atom is 0.376 e. The van der Waals surface area contributed by atoms with Gasteiger partial charge in [-0.15, -0.1) is 0 Å². The van der Waals surface area contributed by atoms with Gasteiger partial charge in [-0.2, -0.15) is 0 Å². The monoisotopic (exact) mass is 232 g/mol. The smallest absolute Gasteiger partial charge is 0.376 e.